The number of nitrogens with one attached hydrogen (secondary N) is 1. The number of amides is 1. The van der Waals surface area contributed by atoms with Gasteiger partial charge < -0.3 is 29.0 Å². The molecule has 0 fully saturated rings. The van der Waals surface area contributed by atoms with Gasteiger partial charge in [0.2, 0.25) is 11.7 Å². The maximum Gasteiger partial charge on any atom is 0.248 e. The zero-order valence-corrected chi connectivity index (χ0v) is 20.5. The summed E-state index contributed by atoms with van der Waals surface area (Å²) in [6.07, 6.45) is 6.94. The van der Waals surface area contributed by atoms with E-state index in [2.05, 4.69) is 5.32 Å². The highest BCUT2D eigenvalue weighted by molar-refractivity contribution is 6.03. The van der Waals surface area contributed by atoms with E-state index in [-0.39, 0.29) is 5.91 Å². The van der Waals surface area contributed by atoms with E-state index in [0.717, 1.165) is 16.7 Å². The Balaban J connectivity index is 1.88. The first-order valence-corrected chi connectivity index (χ1v) is 10.8. The Hall–Kier alpha value is -4.39. The van der Waals surface area contributed by atoms with Crippen molar-refractivity contribution in [1.82, 2.24) is 0 Å². The lowest BCUT2D eigenvalue weighted by molar-refractivity contribution is -0.111. The Kier molecular flexibility index (Phi) is 8.78. The Morgan fingerprint density at radius 2 is 1.37 bits per heavy atom. The third kappa shape index (κ3) is 6.35. The number of benzene rings is 3. The first-order valence-electron chi connectivity index (χ1n) is 10.8. The molecule has 0 aliphatic rings. The van der Waals surface area contributed by atoms with Crippen molar-refractivity contribution < 1.29 is 28.5 Å². The van der Waals surface area contributed by atoms with Crippen LogP contribution in [0.2, 0.25) is 0 Å². The minimum Gasteiger partial charge on any atom is -0.497 e. The standard InChI is InChI=1S/C28H29NO6/c1-31-22-13-14-23(29-27(30)15-12-20-8-6-7-9-24(20)32-2)21(18-22)11-10-19-16-25(33-3)28(35-5)26(17-19)34-4/h6-18H,1-5H3,(H,29,30)/b11-10+,15-12+. The Morgan fingerprint density at radius 3 is 2.00 bits per heavy atom. The molecule has 0 atom stereocenters. The van der Waals surface area contributed by atoms with Gasteiger partial charge in [-0.1, -0.05) is 30.4 Å². The lowest BCUT2D eigenvalue weighted by Crippen LogP contribution is -2.09. The number of carbonyl (C=O) groups is 1. The summed E-state index contributed by atoms with van der Waals surface area (Å²) >= 11 is 0. The van der Waals surface area contributed by atoms with Crippen LogP contribution in [0.25, 0.3) is 18.2 Å². The summed E-state index contributed by atoms with van der Waals surface area (Å²) in [5.74, 6) is 2.69. The number of hydrogen-bond donors (Lipinski definition) is 1. The molecule has 3 aromatic carbocycles. The Morgan fingerprint density at radius 1 is 0.686 bits per heavy atom. The van der Waals surface area contributed by atoms with Crippen LogP contribution in [0.3, 0.4) is 0 Å². The molecule has 1 amide bonds. The maximum atomic E-state index is 12.7. The van der Waals surface area contributed by atoms with Crippen LogP contribution < -0.4 is 29.0 Å². The van der Waals surface area contributed by atoms with Gasteiger partial charge in [-0.2, -0.15) is 0 Å². The smallest absolute Gasteiger partial charge is 0.248 e. The van der Waals surface area contributed by atoms with Crippen LogP contribution in [0.5, 0.6) is 28.7 Å². The summed E-state index contributed by atoms with van der Waals surface area (Å²) in [6.45, 7) is 0. The second-order valence-corrected chi connectivity index (χ2v) is 7.31. The minimum atomic E-state index is -0.275. The van der Waals surface area contributed by atoms with Crippen LogP contribution in [0, 0.1) is 0 Å². The second-order valence-electron chi connectivity index (χ2n) is 7.31. The quantitative estimate of drug-likeness (QED) is 0.306. The summed E-state index contributed by atoms with van der Waals surface area (Å²) in [5.41, 5.74) is 3.03. The molecule has 0 aliphatic carbocycles. The van der Waals surface area contributed by atoms with Gasteiger partial charge in [-0.05, 0) is 48.0 Å². The first kappa shape index (κ1) is 25.2. The molecule has 0 aromatic heterocycles. The fraction of sp³-hybridized carbons (Fsp3) is 0.179. The highest BCUT2D eigenvalue weighted by atomic mass is 16.5. The fourth-order valence-electron chi connectivity index (χ4n) is 3.45. The highest BCUT2D eigenvalue weighted by Crippen LogP contribution is 2.38. The van der Waals surface area contributed by atoms with Crippen LogP contribution in [-0.4, -0.2) is 41.5 Å². The number of para-hydroxylation sites is 1. The molecule has 0 saturated heterocycles. The predicted octanol–water partition coefficient (Wildman–Crippen LogP) is 5.55. The van der Waals surface area contributed by atoms with E-state index in [4.69, 9.17) is 23.7 Å². The average molecular weight is 476 g/mol. The monoisotopic (exact) mass is 475 g/mol. The van der Waals surface area contributed by atoms with Gasteiger partial charge in [0, 0.05) is 22.9 Å². The number of ether oxygens (including phenoxy) is 5. The van der Waals surface area contributed by atoms with Crippen molar-refractivity contribution in [2.24, 2.45) is 0 Å². The van der Waals surface area contributed by atoms with Crippen molar-refractivity contribution in [2.45, 2.75) is 0 Å². The normalized spacial score (nSPS) is 10.9. The largest absolute Gasteiger partial charge is 0.497 e. The zero-order valence-electron chi connectivity index (χ0n) is 20.5. The SMILES string of the molecule is COc1ccc(NC(=O)/C=C/c2ccccc2OC)c(/C=C/c2cc(OC)c(OC)c(OC)c2)c1. The Bertz CT molecular complexity index is 1210. The molecule has 7 nitrogen and oxygen atoms in total. The molecular weight excluding hydrogens is 446 g/mol. The number of methoxy groups -OCH3 is 5. The average Bonchev–Trinajstić information content (AvgIpc) is 2.90. The summed E-state index contributed by atoms with van der Waals surface area (Å²) in [6, 6.07) is 16.6. The molecular formula is C28H29NO6. The molecule has 3 aromatic rings. The lowest BCUT2D eigenvalue weighted by Gasteiger charge is -2.13. The van der Waals surface area contributed by atoms with Crippen molar-refractivity contribution in [3.05, 3.63) is 77.4 Å². The molecule has 0 radical (unpaired) electrons. The highest BCUT2D eigenvalue weighted by Gasteiger charge is 2.12. The molecule has 35 heavy (non-hydrogen) atoms. The number of carbonyl (C=O) groups excluding carboxylic acids is 1. The first-order chi connectivity index (χ1) is 17.0. The molecule has 0 saturated carbocycles. The van der Waals surface area contributed by atoms with Crippen molar-refractivity contribution in [3.63, 3.8) is 0 Å². The molecule has 0 unspecified atom stereocenters. The molecule has 0 aliphatic heterocycles. The molecule has 7 heteroatoms. The lowest BCUT2D eigenvalue weighted by atomic mass is 10.1. The summed E-state index contributed by atoms with van der Waals surface area (Å²) in [5, 5.41) is 2.93. The van der Waals surface area contributed by atoms with Crippen LogP contribution in [0.4, 0.5) is 5.69 Å². The van der Waals surface area contributed by atoms with Crippen LogP contribution in [0.15, 0.2) is 60.7 Å². The van der Waals surface area contributed by atoms with Gasteiger partial charge in [0.05, 0.1) is 35.5 Å². The van der Waals surface area contributed by atoms with E-state index in [1.54, 1.807) is 53.8 Å². The summed E-state index contributed by atoms with van der Waals surface area (Å²) < 4.78 is 27.0. The predicted molar refractivity (Wildman–Crippen MR) is 139 cm³/mol. The molecule has 3 rings (SSSR count). The van der Waals surface area contributed by atoms with Crippen molar-refractivity contribution in [2.75, 3.05) is 40.9 Å². The number of anilines is 1. The van der Waals surface area contributed by atoms with Gasteiger partial charge in [0.25, 0.3) is 0 Å². The van der Waals surface area contributed by atoms with Gasteiger partial charge in [-0.3, -0.25) is 4.79 Å². The number of rotatable bonds is 10. The van der Waals surface area contributed by atoms with Gasteiger partial charge in [-0.25, -0.2) is 0 Å². The van der Waals surface area contributed by atoms with Gasteiger partial charge >= 0.3 is 0 Å². The zero-order chi connectivity index (χ0) is 25.2. The third-order valence-electron chi connectivity index (χ3n) is 5.21. The molecule has 0 spiro atoms. The van der Waals surface area contributed by atoms with E-state index in [1.165, 1.54) is 6.08 Å². The van der Waals surface area contributed by atoms with Crippen LogP contribution in [-0.2, 0) is 4.79 Å². The van der Waals surface area contributed by atoms with Crippen molar-refractivity contribution in [1.29, 1.82) is 0 Å². The second kappa shape index (κ2) is 12.2. The van der Waals surface area contributed by atoms with Crippen molar-refractivity contribution >= 4 is 29.8 Å². The van der Waals surface area contributed by atoms with Gasteiger partial charge in [0.15, 0.2) is 11.5 Å². The van der Waals surface area contributed by atoms with E-state index >= 15 is 0 Å². The van der Waals surface area contributed by atoms with E-state index in [0.29, 0.717) is 34.4 Å². The molecule has 0 bridgehead atoms. The van der Waals surface area contributed by atoms with Gasteiger partial charge in [-0.15, -0.1) is 0 Å². The summed E-state index contributed by atoms with van der Waals surface area (Å²) in [4.78, 5) is 12.7. The third-order valence-corrected chi connectivity index (χ3v) is 5.21. The molecule has 1 N–H and O–H groups in total. The topological polar surface area (TPSA) is 75.3 Å². The van der Waals surface area contributed by atoms with E-state index in [1.807, 2.05) is 54.6 Å². The summed E-state index contributed by atoms with van der Waals surface area (Å²) in [7, 11) is 7.88. The molecule has 0 heterocycles. The van der Waals surface area contributed by atoms with Crippen LogP contribution >= 0.6 is 0 Å². The van der Waals surface area contributed by atoms with E-state index in [9.17, 15) is 4.79 Å². The van der Waals surface area contributed by atoms with Crippen LogP contribution in [0.1, 0.15) is 16.7 Å². The Labute approximate surface area is 205 Å². The number of hydrogen-bond acceptors (Lipinski definition) is 6. The van der Waals surface area contributed by atoms with Crippen molar-refractivity contribution in [3.8, 4) is 28.7 Å². The maximum absolute atomic E-state index is 12.7. The minimum absolute atomic E-state index is 0.275. The van der Waals surface area contributed by atoms with E-state index < -0.39 is 0 Å². The fourth-order valence-corrected chi connectivity index (χ4v) is 3.45. The molecule has 182 valence electrons. The van der Waals surface area contributed by atoms with Gasteiger partial charge in [0.1, 0.15) is 11.5 Å².